The summed E-state index contributed by atoms with van der Waals surface area (Å²) in [6, 6.07) is 0. The Bertz CT molecular complexity index is 1030. The maximum Gasteiger partial charge on any atom is 0.472 e. The molecule has 4 aliphatic rings. The standard InChI is InChI=1S/C27H45O10P/c1-15(27(33,37-38(34,35)36)11-10-23(2,3)31)16-7-9-26(32)18-12-20(28)19-13-21(29)22(30)14-24(19,4)17(18)6-8-25(16,26)5/h12,15-17,19,21-22,29-33H,6-11,13-14H2,1-5H3,(H2,34,35,36)/t15?,16-,17?,19+,21-,22+,24-,25-,26-,27-/m1/s1. The van der Waals surface area contributed by atoms with Gasteiger partial charge in [-0.2, -0.15) is 0 Å². The van der Waals surface area contributed by atoms with Gasteiger partial charge in [0, 0.05) is 23.7 Å². The summed E-state index contributed by atoms with van der Waals surface area (Å²) in [5.74, 6) is -4.26. The van der Waals surface area contributed by atoms with E-state index in [1.807, 2.05) is 13.8 Å². The molecule has 3 saturated carbocycles. The molecule has 0 aromatic rings. The van der Waals surface area contributed by atoms with E-state index in [1.54, 1.807) is 13.0 Å². The highest BCUT2D eigenvalue weighted by Crippen LogP contribution is 2.69. The summed E-state index contributed by atoms with van der Waals surface area (Å²) in [4.78, 5) is 32.6. The molecule has 4 rings (SSSR count). The number of hydrogen-bond donors (Lipinski definition) is 7. The molecule has 0 heterocycles. The van der Waals surface area contributed by atoms with Gasteiger partial charge in [0.2, 0.25) is 0 Å². The summed E-state index contributed by atoms with van der Waals surface area (Å²) >= 11 is 0. The van der Waals surface area contributed by atoms with Crippen molar-refractivity contribution in [2.75, 3.05) is 0 Å². The molecule has 4 aliphatic carbocycles. The molecule has 2 unspecified atom stereocenters. The third kappa shape index (κ3) is 4.88. The van der Waals surface area contributed by atoms with Gasteiger partial charge < -0.3 is 35.3 Å². The van der Waals surface area contributed by atoms with Crippen molar-refractivity contribution in [1.29, 1.82) is 0 Å². The van der Waals surface area contributed by atoms with E-state index in [0.717, 1.165) is 0 Å². The molecule has 0 radical (unpaired) electrons. The zero-order valence-corrected chi connectivity index (χ0v) is 23.9. The Morgan fingerprint density at radius 1 is 1.08 bits per heavy atom. The Morgan fingerprint density at radius 2 is 1.71 bits per heavy atom. The van der Waals surface area contributed by atoms with Gasteiger partial charge in [0.25, 0.3) is 0 Å². The van der Waals surface area contributed by atoms with Crippen molar-refractivity contribution in [1.82, 2.24) is 0 Å². The number of phosphoric acid groups is 1. The van der Waals surface area contributed by atoms with E-state index in [4.69, 9.17) is 4.52 Å². The molecule has 0 amide bonds. The Kier molecular flexibility index (Phi) is 7.51. The second-order valence-corrected chi connectivity index (χ2v) is 14.8. The minimum atomic E-state index is -5.10. The third-order valence-corrected chi connectivity index (χ3v) is 11.4. The number of aliphatic hydroxyl groups excluding tert-OH is 2. The van der Waals surface area contributed by atoms with Crippen molar-refractivity contribution >= 4 is 13.6 Å². The quantitative estimate of drug-likeness (QED) is 0.180. The number of carbonyl (C=O) groups is 1. The monoisotopic (exact) mass is 560 g/mol. The van der Waals surface area contributed by atoms with Crippen molar-refractivity contribution in [3.63, 3.8) is 0 Å². The number of allylic oxidation sites excluding steroid dienone is 1. The molecule has 10 nitrogen and oxygen atoms in total. The average molecular weight is 561 g/mol. The molecule has 0 aromatic carbocycles. The van der Waals surface area contributed by atoms with Crippen LogP contribution in [0.4, 0.5) is 0 Å². The smallest absolute Gasteiger partial charge is 0.390 e. The predicted octanol–water partition coefficient (Wildman–Crippen LogP) is 2.18. The number of rotatable bonds is 7. The molecule has 0 bridgehead atoms. The van der Waals surface area contributed by atoms with Crippen LogP contribution in [-0.2, 0) is 13.9 Å². The van der Waals surface area contributed by atoms with Gasteiger partial charge in [-0.25, -0.2) is 4.57 Å². The van der Waals surface area contributed by atoms with Gasteiger partial charge >= 0.3 is 7.82 Å². The van der Waals surface area contributed by atoms with Crippen LogP contribution >= 0.6 is 7.82 Å². The van der Waals surface area contributed by atoms with Gasteiger partial charge in [-0.15, -0.1) is 0 Å². The van der Waals surface area contributed by atoms with Crippen molar-refractivity contribution in [2.45, 2.75) is 115 Å². The largest absolute Gasteiger partial charge is 0.472 e. The molecular formula is C27H45O10P. The Balaban J connectivity index is 1.70. The van der Waals surface area contributed by atoms with Crippen LogP contribution in [-0.4, -0.2) is 70.3 Å². The van der Waals surface area contributed by atoms with Gasteiger partial charge in [-0.1, -0.05) is 20.8 Å². The average Bonchev–Trinajstić information content (AvgIpc) is 3.04. The number of carbonyl (C=O) groups excluding carboxylic acids is 1. The van der Waals surface area contributed by atoms with Crippen molar-refractivity contribution in [2.24, 2.45) is 34.5 Å². The van der Waals surface area contributed by atoms with Gasteiger partial charge in [0.05, 0.1) is 23.4 Å². The second kappa shape index (κ2) is 9.43. The first-order valence-electron chi connectivity index (χ1n) is 13.7. The zero-order chi connectivity index (χ0) is 28.7. The van der Waals surface area contributed by atoms with E-state index < -0.39 is 65.6 Å². The molecule has 0 aliphatic heterocycles. The summed E-state index contributed by atoms with van der Waals surface area (Å²) in [6.07, 6.45) is 1.76. The lowest BCUT2D eigenvalue weighted by atomic mass is 9.45. The summed E-state index contributed by atoms with van der Waals surface area (Å²) in [5.41, 5.74) is -3.41. The first kappa shape index (κ1) is 30.3. The van der Waals surface area contributed by atoms with E-state index in [2.05, 4.69) is 0 Å². The summed E-state index contributed by atoms with van der Waals surface area (Å²) in [5, 5.41) is 54.9. The van der Waals surface area contributed by atoms with Crippen molar-refractivity contribution in [3.8, 4) is 0 Å². The predicted molar refractivity (Wildman–Crippen MR) is 137 cm³/mol. The van der Waals surface area contributed by atoms with Crippen LogP contribution in [0.25, 0.3) is 0 Å². The Morgan fingerprint density at radius 3 is 2.29 bits per heavy atom. The number of phosphoric ester groups is 1. The fourth-order valence-corrected chi connectivity index (χ4v) is 9.24. The fraction of sp³-hybridized carbons (Fsp3) is 0.889. The van der Waals surface area contributed by atoms with E-state index in [-0.39, 0.29) is 37.4 Å². The second-order valence-electron chi connectivity index (χ2n) is 13.7. The maximum atomic E-state index is 13.3. The Labute approximate surface area is 224 Å². The van der Waals surface area contributed by atoms with Crippen LogP contribution in [0.2, 0.25) is 0 Å². The van der Waals surface area contributed by atoms with Crippen LogP contribution in [0.5, 0.6) is 0 Å². The lowest BCUT2D eigenvalue weighted by Crippen LogP contribution is -2.61. The van der Waals surface area contributed by atoms with Crippen LogP contribution in [0.15, 0.2) is 11.6 Å². The topological polar surface area (TPSA) is 185 Å². The summed E-state index contributed by atoms with van der Waals surface area (Å²) in [6.45, 7) is 8.60. The Hall–Kier alpha value is -0.680. The lowest BCUT2D eigenvalue weighted by molar-refractivity contribution is -0.221. The first-order chi connectivity index (χ1) is 17.2. The maximum absolute atomic E-state index is 13.3. The van der Waals surface area contributed by atoms with Gasteiger partial charge in [0.1, 0.15) is 0 Å². The van der Waals surface area contributed by atoms with Crippen LogP contribution in [0.3, 0.4) is 0 Å². The summed E-state index contributed by atoms with van der Waals surface area (Å²) < 4.78 is 16.9. The normalized spacial score (nSPS) is 43.9. The molecule has 38 heavy (non-hydrogen) atoms. The fourth-order valence-electron chi connectivity index (χ4n) is 8.57. The number of ketones is 1. The third-order valence-electron chi connectivity index (χ3n) is 10.9. The van der Waals surface area contributed by atoms with E-state index in [0.29, 0.717) is 31.3 Å². The number of hydrogen-bond acceptors (Lipinski definition) is 8. The van der Waals surface area contributed by atoms with E-state index in [1.165, 1.54) is 13.8 Å². The van der Waals surface area contributed by atoms with Gasteiger partial charge in [0.15, 0.2) is 11.6 Å². The minimum Gasteiger partial charge on any atom is -0.390 e. The lowest BCUT2D eigenvalue weighted by Gasteiger charge is -2.60. The number of fused-ring (bicyclic) bond motifs is 5. The van der Waals surface area contributed by atoms with Crippen molar-refractivity contribution in [3.05, 3.63) is 11.6 Å². The molecule has 0 saturated heterocycles. The molecule has 218 valence electrons. The van der Waals surface area contributed by atoms with Gasteiger partial charge in [-0.3, -0.25) is 9.32 Å². The molecule has 7 N–H and O–H groups in total. The van der Waals surface area contributed by atoms with E-state index >= 15 is 0 Å². The highest BCUT2D eigenvalue weighted by atomic mass is 31.2. The molecule has 0 spiro atoms. The van der Waals surface area contributed by atoms with Crippen LogP contribution in [0.1, 0.15) is 86.0 Å². The highest BCUT2D eigenvalue weighted by Gasteiger charge is 2.68. The molecule has 0 aromatic heterocycles. The zero-order valence-electron chi connectivity index (χ0n) is 23.0. The minimum absolute atomic E-state index is 0.0250. The van der Waals surface area contributed by atoms with Crippen LogP contribution in [0, 0.1) is 34.5 Å². The van der Waals surface area contributed by atoms with Crippen molar-refractivity contribution < 1.29 is 49.2 Å². The number of aliphatic hydroxyl groups is 5. The first-order valence-corrected chi connectivity index (χ1v) is 15.3. The summed E-state index contributed by atoms with van der Waals surface area (Å²) in [7, 11) is -5.10. The molecule has 3 fully saturated rings. The molecule has 10 atom stereocenters. The van der Waals surface area contributed by atoms with E-state index in [9.17, 15) is 44.7 Å². The molecule has 11 heteroatoms. The molecular weight excluding hydrogens is 515 g/mol. The SMILES string of the molecule is CC([C@H]1CC[C@@]2(O)C3=CC(=O)[C@@H]4C[C@@H](O)[C@@H](O)C[C@]4(C)C3CC[C@]12C)[C@@](O)(CCC(C)(C)O)OP(=O)(O)O. The van der Waals surface area contributed by atoms with Crippen LogP contribution < -0.4 is 0 Å². The highest BCUT2D eigenvalue weighted by molar-refractivity contribution is 7.46. The van der Waals surface area contributed by atoms with Gasteiger partial charge in [-0.05, 0) is 87.7 Å².